The average molecular weight is 660 g/mol. The molecule has 6 heteroatoms. The molecule has 0 fully saturated rings. The minimum Gasteiger partial charge on any atom is -0.378 e. The van der Waals surface area contributed by atoms with E-state index in [4.69, 9.17) is 15.0 Å². The van der Waals surface area contributed by atoms with Gasteiger partial charge in [-0.3, -0.25) is 15.0 Å². The summed E-state index contributed by atoms with van der Waals surface area (Å²) in [6.45, 7) is 22.0. The van der Waals surface area contributed by atoms with Crippen LogP contribution in [0.15, 0.2) is 89.1 Å². The monoisotopic (exact) mass is 659 g/mol. The Morgan fingerprint density at radius 3 is 1.15 bits per heavy atom. The molecule has 4 aromatic rings. The molecule has 2 heterocycles. The first kappa shape index (κ1) is 38.6. The zero-order valence-corrected chi connectivity index (χ0v) is 31.0. The van der Waals surface area contributed by atoms with Crippen LogP contribution >= 0.6 is 0 Å². The van der Waals surface area contributed by atoms with Gasteiger partial charge in [-0.1, -0.05) is 97.9 Å². The summed E-state index contributed by atoms with van der Waals surface area (Å²) in [4.78, 5) is 21.2. The van der Waals surface area contributed by atoms with Crippen molar-refractivity contribution in [2.24, 2.45) is 9.98 Å². The van der Waals surface area contributed by atoms with Crippen LogP contribution in [0.1, 0.15) is 127 Å². The Labute approximate surface area is 289 Å². The molecule has 0 amide bonds. The minimum atomic E-state index is 0. The maximum atomic E-state index is 5.15. The fourth-order valence-electron chi connectivity index (χ4n) is 5.21. The zero-order chi connectivity index (χ0) is 33.3. The van der Waals surface area contributed by atoms with Gasteiger partial charge in [-0.15, -0.1) is 0 Å². The van der Waals surface area contributed by atoms with Gasteiger partial charge in [0.15, 0.2) is 0 Å². The van der Waals surface area contributed by atoms with Crippen LogP contribution in [0, 0.1) is 0 Å². The van der Waals surface area contributed by atoms with Crippen LogP contribution in [0.3, 0.4) is 0 Å². The molecule has 2 aromatic heterocycles. The molecule has 0 aliphatic carbocycles. The summed E-state index contributed by atoms with van der Waals surface area (Å²) in [5.74, 6) is 1.61. The first-order chi connectivity index (χ1) is 21.3. The Hall–Kier alpha value is -3.60. The molecule has 0 saturated heterocycles. The molecule has 246 valence electrons. The van der Waals surface area contributed by atoms with E-state index in [1.165, 1.54) is 27.9 Å². The quantitative estimate of drug-likeness (QED) is 0.133. The number of nitrogens with zero attached hydrogens (tertiary/aromatic N) is 5. The van der Waals surface area contributed by atoms with Crippen molar-refractivity contribution in [2.45, 2.75) is 92.9 Å². The van der Waals surface area contributed by atoms with Crippen LogP contribution in [0.4, 0.5) is 17.1 Å². The van der Waals surface area contributed by atoms with Gasteiger partial charge >= 0.3 is 0 Å². The smallest absolute Gasteiger partial charge is 0.0849 e. The van der Waals surface area contributed by atoms with Gasteiger partial charge in [0.05, 0.1) is 34.2 Å². The summed E-state index contributed by atoms with van der Waals surface area (Å²) < 4.78 is 0. The van der Waals surface area contributed by atoms with E-state index < -0.39 is 0 Å². The average Bonchev–Trinajstić information content (AvgIpc) is 3.01. The molecule has 0 atom stereocenters. The maximum Gasteiger partial charge on any atom is 0.0849 e. The molecular weight excluding hydrogens is 606 g/mol. The van der Waals surface area contributed by atoms with Gasteiger partial charge < -0.3 is 4.90 Å². The number of hydrogen-bond acceptors (Lipinski definition) is 5. The first-order valence-corrected chi connectivity index (χ1v) is 16.2. The molecule has 0 saturated carbocycles. The number of aromatic nitrogens is 2. The second-order valence-electron chi connectivity index (χ2n) is 13.1. The fraction of sp³-hybridized carbons (Fsp3) is 0.400. The van der Waals surface area contributed by atoms with Crippen molar-refractivity contribution in [1.29, 1.82) is 0 Å². The van der Waals surface area contributed by atoms with Crippen molar-refractivity contribution in [1.82, 2.24) is 9.97 Å². The van der Waals surface area contributed by atoms with Gasteiger partial charge in [-0.25, -0.2) is 4.98 Å². The molecule has 0 bridgehead atoms. The van der Waals surface area contributed by atoms with Gasteiger partial charge in [0.25, 0.3) is 0 Å². The van der Waals surface area contributed by atoms with Gasteiger partial charge in [-0.2, -0.15) is 0 Å². The van der Waals surface area contributed by atoms with Gasteiger partial charge in [0.2, 0.25) is 0 Å². The molecule has 2 aromatic carbocycles. The number of rotatable bonds is 9. The largest absolute Gasteiger partial charge is 0.378 e. The third-order valence-electron chi connectivity index (χ3n) is 7.91. The molecule has 0 N–H and O–H groups in total. The molecule has 4 rings (SSSR count). The summed E-state index contributed by atoms with van der Waals surface area (Å²) >= 11 is 0. The van der Waals surface area contributed by atoms with Crippen LogP contribution in [-0.4, -0.2) is 35.5 Å². The number of anilines is 1. The van der Waals surface area contributed by atoms with E-state index in [9.17, 15) is 0 Å². The summed E-state index contributed by atoms with van der Waals surface area (Å²) in [5, 5.41) is 0. The van der Waals surface area contributed by atoms with E-state index in [0.717, 1.165) is 34.2 Å². The Balaban J connectivity index is 0.000000633. The van der Waals surface area contributed by atoms with Crippen molar-refractivity contribution >= 4 is 28.5 Å². The molecule has 0 aliphatic heterocycles. The third kappa shape index (κ3) is 10.2. The van der Waals surface area contributed by atoms with E-state index in [-0.39, 0.29) is 17.1 Å². The molecule has 0 unspecified atom stereocenters. The SMILES string of the molecule is CC(=Nc1c(C(C)C)cccc1C(C)C)c1cccc(C(C)=Nc2c(C(C)C)cccc2C(C)C)n1.CN(C)c1ccncc1.[Fe]. The summed E-state index contributed by atoms with van der Waals surface area (Å²) in [5.41, 5.74) is 12.1. The molecular formula is C40H53FeN5. The number of hydrogen-bond donors (Lipinski definition) is 0. The topological polar surface area (TPSA) is 53.7 Å². The van der Waals surface area contributed by atoms with Crippen molar-refractivity contribution in [3.63, 3.8) is 0 Å². The number of pyridine rings is 2. The van der Waals surface area contributed by atoms with E-state index in [1.807, 2.05) is 43.3 Å². The number of aliphatic imine (C=N–C) groups is 2. The van der Waals surface area contributed by atoms with Gasteiger partial charge in [0.1, 0.15) is 0 Å². The van der Waals surface area contributed by atoms with Crippen LogP contribution in [-0.2, 0) is 17.1 Å². The van der Waals surface area contributed by atoms with Crippen molar-refractivity contribution in [3.05, 3.63) is 113 Å². The Morgan fingerprint density at radius 2 is 0.870 bits per heavy atom. The predicted octanol–water partition coefficient (Wildman–Crippen LogP) is 11.0. The Kier molecular flexibility index (Phi) is 15.0. The zero-order valence-electron chi connectivity index (χ0n) is 29.9. The van der Waals surface area contributed by atoms with E-state index in [0.29, 0.717) is 23.7 Å². The molecule has 0 spiro atoms. The van der Waals surface area contributed by atoms with Crippen LogP contribution in [0.2, 0.25) is 0 Å². The number of benzene rings is 2. The van der Waals surface area contributed by atoms with E-state index >= 15 is 0 Å². The van der Waals surface area contributed by atoms with Crippen LogP contribution < -0.4 is 4.90 Å². The minimum absolute atomic E-state index is 0. The molecule has 0 aliphatic rings. The maximum absolute atomic E-state index is 5.15. The second-order valence-corrected chi connectivity index (χ2v) is 13.1. The van der Waals surface area contributed by atoms with Crippen LogP contribution in [0.25, 0.3) is 0 Å². The van der Waals surface area contributed by atoms with Crippen molar-refractivity contribution in [2.75, 3.05) is 19.0 Å². The molecule has 5 nitrogen and oxygen atoms in total. The molecule has 0 radical (unpaired) electrons. The third-order valence-corrected chi connectivity index (χ3v) is 7.91. The summed E-state index contributed by atoms with van der Waals surface area (Å²) in [6.07, 6.45) is 3.57. The van der Waals surface area contributed by atoms with Crippen molar-refractivity contribution in [3.8, 4) is 0 Å². The fourth-order valence-corrected chi connectivity index (χ4v) is 5.21. The normalized spacial score (nSPS) is 11.9. The summed E-state index contributed by atoms with van der Waals surface area (Å²) in [6, 6.07) is 23.2. The Morgan fingerprint density at radius 1 is 0.543 bits per heavy atom. The standard InChI is InChI=1S/C33H43N3.C7H10N2.Fe/c1-20(2)26-14-11-15-27(21(3)4)32(26)34-24(9)30-18-13-19-31(36-30)25(10)35-33-28(22(5)6)16-12-17-29(33)23(7)8;1-9(2)7-3-5-8-6-4-7;/h11-23H,1-10H3;3-6H,1-2H3;. The van der Waals surface area contributed by atoms with E-state index in [2.05, 4.69) is 117 Å². The number of para-hydroxylation sites is 2. The van der Waals surface area contributed by atoms with E-state index in [1.54, 1.807) is 12.4 Å². The van der Waals surface area contributed by atoms with Crippen molar-refractivity contribution < 1.29 is 17.1 Å². The molecule has 46 heavy (non-hydrogen) atoms. The van der Waals surface area contributed by atoms with Gasteiger partial charge in [-0.05, 0) is 84.0 Å². The van der Waals surface area contributed by atoms with Crippen LogP contribution in [0.5, 0.6) is 0 Å². The second kappa shape index (κ2) is 17.9. The Bertz CT molecular complexity index is 1450. The predicted molar refractivity (Wildman–Crippen MR) is 196 cm³/mol. The van der Waals surface area contributed by atoms with Gasteiger partial charge in [0, 0.05) is 49.2 Å². The first-order valence-electron chi connectivity index (χ1n) is 16.2. The summed E-state index contributed by atoms with van der Waals surface area (Å²) in [7, 11) is 4.02.